The highest BCUT2D eigenvalue weighted by Gasteiger charge is 2.60. The second-order valence-electron chi connectivity index (χ2n) is 15.0. The van der Waals surface area contributed by atoms with Crippen LogP contribution >= 0.6 is 11.8 Å². The van der Waals surface area contributed by atoms with Crippen molar-refractivity contribution in [2.75, 3.05) is 32.8 Å². The van der Waals surface area contributed by atoms with Gasteiger partial charge in [-0.1, -0.05) is 6.07 Å². The van der Waals surface area contributed by atoms with Gasteiger partial charge >= 0.3 is 11.9 Å². The fraction of sp³-hybridized carbons (Fsp3) is 0.436. The molecule has 6 N–H and O–H groups in total. The van der Waals surface area contributed by atoms with Crippen molar-refractivity contribution < 1.29 is 48.6 Å². The second-order valence-corrected chi connectivity index (χ2v) is 16.2. The van der Waals surface area contributed by atoms with Gasteiger partial charge in [0.25, 0.3) is 0 Å². The van der Waals surface area contributed by atoms with Crippen LogP contribution in [0, 0.1) is 13.8 Å². The first-order valence-corrected chi connectivity index (χ1v) is 19.2. The molecule has 8 heterocycles. The summed E-state index contributed by atoms with van der Waals surface area (Å²) in [5, 5.41) is 42.2. The molecule has 0 amide bonds. The Bertz CT molecular complexity index is 2310. The number of H-pyrrole nitrogens is 1. The number of aliphatic hydroxyl groups excluding tert-OH is 1. The van der Waals surface area contributed by atoms with Gasteiger partial charge in [0.1, 0.15) is 24.3 Å². The van der Waals surface area contributed by atoms with Gasteiger partial charge in [0.2, 0.25) is 6.79 Å². The van der Waals surface area contributed by atoms with E-state index in [1.165, 1.54) is 25.8 Å². The van der Waals surface area contributed by atoms with Crippen molar-refractivity contribution in [3.05, 3.63) is 68.9 Å². The Labute approximate surface area is 314 Å². The number of phenols is 2. The third kappa shape index (κ3) is 4.50. The maximum Gasteiger partial charge on any atom is 0.333 e. The molecule has 11 rings (SSSR count). The predicted octanol–water partition coefficient (Wildman–Crippen LogP) is 3.54. The molecule has 54 heavy (non-hydrogen) atoms. The van der Waals surface area contributed by atoms with Gasteiger partial charge in [-0.05, 0) is 61.6 Å². The minimum absolute atomic E-state index is 0.0304. The molecule has 0 radical (unpaired) electrons. The van der Waals surface area contributed by atoms with Crippen LogP contribution in [0.25, 0.3) is 10.9 Å². The maximum atomic E-state index is 14.7. The molecular weight excluding hydrogens is 717 g/mol. The van der Waals surface area contributed by atoms with Crippen LogP contribution in [-0.2, 0) is 32.7 Å². The van der Waals surface area contributed by atoms with Gasteiger partial charge in [0.15, 0.2) is 28.5 Å². The number of aromatic nitrogens is 1. The van der Waals surface area contributed by atoms with E-state index in [0.717, 1.165) is 27.6 Å². The summed E-state index contributed by atoms with van der Waals surface area (Å²) in [4.78, 5) is 33.1. The van der Waals surface area contributed by atoms with Crippen molar-refractivity contribution in [3.8, 4) is 34.5 Å². The number of hydrogen-bond acceptors (Lipinski definition) is 14. The topological polar surface area (TPSA) is 184 Å². The number of aromatic amines is 1. The predicted molar refractivity (Wildman–Crippen MR) is 195 cm³/mol. The molecule has 282 valence electrons. The van der Waals surface area contributed by atoms with E-state index in [1.54, 1.807) is 18.2 Å². The molecule has 2 unspecified atom stereocenters. The average Bonchev–Trinajstić information content (AvgIpc) is 3.79. The van der Waals surface area contributed by atoms with Crippen LogP contribution < -0.4 is 29.6 Å². The summed E-state index contributed by atoms with van der Waals surface area (Å²) >= 11 is 1.48. The van der Waals surface area contributed by atoms with Crippen LogP contribution in [0.5, 0.6) is 34.5 Å². The molecule has 1 spiro atoms. The van der Waals surface area contributed by atoms with Crippen LogP contribution in [0.1, 0.15) is 68.9 Å². The van der Waals surface area contributed by atoms with E-state index in [2.05, 4.69) is 15.6 Å². The Balaban J connectivity index is 1.23. The summed E-state index contributed by atoms with van der Waals surface area (Å²) in [6, 6.07) is 4.84. The molecule has 14 nitrogen and oxygen atoms in total. The van der Waals surface area contributed by atoms with Gasteiger partial charge < -0.3 is 49.3 Å². The zero-order valence-corrected chi connectivity index (χ0v) is 30.9. The zero-order valence-electron chi connectivity index (χ0n) is 30.1. The molecule has 2 saturated heterocycles. The number of thioether (sulfide) groups is 1. The number of aliphatic hydroxyl groups is 1. The van der Waals surface area contributed by atoms with Crippen molar-refractivity contribution in [1.82, 2.24) is 20.5 Å². The highest BCUT2D eigenvalue weighted by atomic mass is 32.2. The van der Waals surface area contributed by atoms with Gasteiger partial charge in [0.05, 0.1) is 36.2 Å². The molecule has 4 bridgehead atoms. The van der Waals surface area contributed by atoms with Crippen LogP contribution in [0.15, 0.2) is 24.3 Å². The molecule has 7 atom stereocenters. The van der Waals surface area contributed by atoms with Crippen LogP contribution in [0.2, 0.25) is 0 Å². The lowest BCUT2D eigenvalue weighted by atomic mass is 9.74. The standard InChI is InChI=1S/C39H40N4O10S/c1-15-9-18-10-23-37(47)43-24-12-50-38(48)39(36-20(7-8-40-39)21-11-19(45)5-6-22(21)42-36)13-54-35(29(43)28(41-23)25(18)30(46)31(15)49-4)27-26(24)34-33(51-14-52-34)16(2)32(27)53-17(3)44/h5-6,9,11,23-24,28-29,35,37,40-42,45-47H,7-8,10,12-14H2,1-4H3/t23?,24-,28?,29+,35+,37-,39+/m0/s1. The second kappa shape index (κ2) is 11.9. The Hall–Kier alpha value is -4.67. The van der Waals surface area contributed by atoms with Crippen molar-refractivity contribution in [2.24, 2.45) is 0 Å². The fourth-order valence-corrected chi connectivity index (χ4v) is 11.7. The van der Waals surface area contributed by atoms with E-state index >= 15 is 0 Å². The third-order valence-corrected chi connectivity index (χ3v) is 13.7. The number of hydrogen-bond donors (Lipinski definition) is 6. The van der Waals surface area contributed by atoms with Crippen LogP contribution in [-0.4, -0.2) is 88.3 Å². The summed E-state index contributed by atoms with van der Waals surface area (Å²) < 4.78 is 30.4. The number of carbonyl (C=O) groups excluding carboxylic acids is 2. The van der Waals surface area contributed by atoms with Gasteiger partial charge in [-0.2, -0.15) is 0 Å². The number of nitrogens with one attached hydrogen (secondary N) is 3. The monoisotopic (exact) mass is 756 g/mol. The summed E-state index contributed by atoms with van der Waals surface area (Å²) in [7, 11) is 1.53. The van der Waals surface area contributed by atoms with Gasteiger partial charge in [-0.25, -0.2) is 4.79 Å². The Morgan fingerprint density at radius 1 is 1.07 bits per heavy atom. The molecule has 7 aliphatic heterocycles. The summed E-state index contributed by atoms with van der Waals surface area (Å²) in [5.74, 6) is 0.947. The van der Waals surface area contributed by atoms with Gasteiger partial charge in [-0.3, -0.25) is 15.0 Å². The summed E-state index contributed by atoms with van der Waals surface area (Å²) in [5.41, 5.74) is 5.34. The fourth-order valence-electron chi connectivity index (χ4n) is 10.1. The molecule has 3 aromatic carbocycles. The molecule has 1 aromatic heterocycles. The minimum atomic E-state index is -1.32. The van der Waals surface area contributed by atoms with Gasteiger partial charge in [-0.15, -0.1) is 11.8 Å². The Morgan fingerprint density at radius 3 is 2.69 bits per heavy atom. The largest absolute Gasteiger partial charge is 0.508 e. The van der Waals surface area contributed by atoms with E-state index in [4.69, 9.17) is 23.7 Å². The number of nitrogens with zero attached hydrogens (tertiary/aromatic N) is 1. The number of methoxy groups -OCH3 is 1. The smallest absolute Gasteiger partial charge is 0.333 e. The molecule has 4 aromatic rings. The Kier molecular flexibility index (Phi) is 7.47. The van der Waals surface area contributed by atoms with E-state index < -0.39 is 53.1 Å². The number of carbonyl (C=O) groups is 2. The third-order valence-electron chi connectivity index (χ3n) is 12.2. The van der Waals surface area contributed by atoms with Crippen molar-refractivity contribution in [2.45, 2.75) is 74.8 Å². The van der Waals surface area contributed by atoms with E-state index in [9.17, 15) is 24.9 Å². The lowest BCUT2D eigenvalue weighted by Gasteiger charge is -2.59. The maximum absolute atomic E-state index is 14.7. The quantitative estimate of drug-likeness (QED) is 0.129. The first kappa shape index (κ1) is 33.9. The van der Waals surface area contributed by atoms with Crippen molar-refractivity contribution >= 4 is 34.6 Å². The normalized spacial score (nSPS) is 29.2. The number of aryl methyl sites for hydroxylation is 1. The first-order valence-electron chi connectivity index (χ1n) is 18.2. The van der Waals surface area contributed by atoms with E-state index in [0.29, 0.717) is 70.3 Å². The van der Waals surface area contributed by atoms with Crippen LogP contribution in [0.3, 0.4) is 0 Å². The van der Waals surface area contributed by atoms with Crippen LogP contribution in [0.4, 0.5) is 0 Å². The van der Waals surface area contributed by atoms with Crippen molar-refractivity contribution in [1.29, 1.82) is 0 Å². The highest BCUT2D eigenvalue weighted by Crippen LogP contribution is 2.63. The summed E-state index contributed by atoms with van der Waals surface area (Å²) in [6.45, 7) is 5.32. The summed E-state index contributed by atoms with van der Waals surface area (Å²) in [6.07, 6.45) is 0.0106. The number of piperazine rings is 1. The zero-order chi connectivity index (χ0) is 37.4. The molecular formula is C39H40N4O10S. The molecule has 2 fully saturated rings. The number of rotatable bonds is 2. The highest BCUT2D eigenvalue weighted by molar-refractivity contribution is 7.99. The number of benzene rings is 3. The van der Waals surface area contributed by atoms with Crippen molar-refractivity contribution in [3.63, 3.8) is 0 Å². The SMILES string of the molecule is COc1c(C)cc2c(c1O)C1NC(C2)[C@H](O)N2[C@H]1[C@@H]1SC[C@]3(NCCc4c3[nH]c3ccc(O)cc43)C(=O)OC[C@H]2c2c3c(c(C)c(OC(C)=O)c21)OCO3. The molecule has 15 heteroatoms. The molecule has 0 aliphatic carbocycles. The number of fused-ring (bicyclic) bond motifs is 11. The minimum Gasteiger partial charge on any atom is -0.508 e. The van der Waals surface area contributed by atoms with Gasteiger partial charge in [0, 0.05) is 58.4 Å². The number of ether oxygens (including phenoxy) is 5. The first-order chi connectivity index (χ1) is 26.0. The molecule has 7 aliphatic rings. The number of phenolic OH excluding ortho intramolecular Hbond substituents is 2. The average molecular weight is 757 g/mol. The number of aromatic hydroxyl groups is 2. The number of esters is 2. The van der Waals surface area contributed by atoms with E-state index in [1.807, 2.05) is 24.8 Å². The molecule has 0 saturated carbocycles. The van der Waals surface area contributed by atoms with E-state index in [-0.39, 0.29) is 30.7 Å². The lowest BCUT2D eigenvalue weighted by molar-refractivity contribution is -0.164. The Morgan fingerprint density at radius 2 is 1.89 bits per heavy atom. The lowest BCUT2D eigenvalue weighted by Crippen LogP contribution is -2.69.